The highest BCUT2D eigenvalue weighted by Gasteiger charge is 2.15. The van der Waals surface area contributed by atoms with Gasteiger partial charge in [0.05, 0.1) is 12.6 Å². The molecule has 6 heteroatoms. The number of benzene rings is 2. The number of para-hydroxylation sites is 1. The van der Waals surface area contributed by atoms with E-state index in [-0.39, 0.29) is 12.6 Å². The lowest BCUT2D eigenvalue weighted by atomic mass is 10.1. The van der Waals surface area contributed by atoms with Gasteiger partial charge in [-0.3, -0.25) is 0 Å². The fraction of sp³-hybridized carbons (Fsp3) is 0.227. The van der Waals surface area contributed by atoms with Crippen LogP contribution in [0.5, 0.6) is 5.75 Å². The molecule has 3 rings (SSSR count). The van der Waals surface area contributed by atoms with Gasteiger partial charge in [0.25, 0.3) is 0 Å². The number of aromatic nitrogens is 1. The zero-order chi connectivity index (χ0) is 19.9. The second-order valence-electron chi connectivity index (χ2n) is 6.82. The number of H-pyrrole nitrogens is 1. The molecule has 0 aliphatic carbocycles. The van der Waals surface area contributed by atoms with Crippen LogP contribution in [0.25, 0.3) is 10.9 Å². The van der Waals surface area contributed by atoms with Crippen LogP contribution in [0, 0.1) is 0 Å². The highest BCUT2D eigenvalue weighted by Crippen LogP contribution is 2.20. The van der Waals surface area contributed by atoms with Crippen LogP contribution in [-0.4, -0.2) is 35.4 Å². The molecule has 2 amide bonds. The van der Waals surface area contributed by atoms with Gasteiger partial charge in [0.15, 0.2) is 0 Å². The maximum Gasteiger partial charge on any atom is 0.319 e. The van der Waals surface area contributed by atoms with Gasteiger partial charge in [-0.2, -0.15) is 0 Å². The summed E-state index contributed by atoms with van der Waals surface area (Å²) in [5, 5.41) is 16.4. The third-order valence-electron chi connectivity index (χ3n) is 4.27. The van der Waals surface area contributed by atoms with E-state index in [9.17, 15) is 9.90 Å². The topological polar surface area (TPSA) is 86.4 Å². The van der Waals surface area contributed by atoms with E-state index in [0.717, 1.165) is 22.0 Å². The Morgan fingerprint density at radius 2 is 2.07 bits per heavy atom. The fourth-order valence-electron chi connectivity index (χ4n) is 2.95. The van der Waals surface area contributed by atoms with E-state index >= 15 is 0 Å². The lowest BCUT2D eigenvalue weighted by molar-refractivity contribution is 0.224. The first-order chi connectivity index (χ1) is 13.5. The summed E-state index contributed by atoms with van der Waals surface area (Å²) in [5.41, 5.74) is 3.61. The van der Waals surface area contributed by atoms with Crippen LogP contribution in [0.1, 0.15) is 12.5 Å². The Balaban J connectivity index is 1.60. The minimum Gasteiger partial charge on any atom is -0.489 e. The van der Waals surface area contributed by atoms with Gasteiger partial charge < -0.3 is 25.5 Å². The number of hydrogen-bond donors (Lipinski definition) is 4. The molecule has 0 radical (unpaired) electrons. The van der Waals surface area contributed by atoms with Crippen molar-refractivity contribution in [2.75, 3.05) is 18.5 Å². The summed E-state index contributed by atoms with van der Waals surface area (Å²) in [6, 6.07) is 14.3. The molecule has 0 saturated carbocycles. The Morgan fingerprint density at radius 1 is 1.25 bits per heavy atom. The highest BCUT2D eigenvalue weighted by atomic mass is 16.5. The van der Waals surface area contributed by atoms with Crippen molar-refractivity contribution in [3.63, 3.8) is 0 Å². The second-order valence-corrected chi connectivity index (χ2v) is 6.82. The smallest absolute Gasteiger partial charge is 0.319 e. The number of carbonyl (C=O) groups is 1. The summed E-state index contributed by atoms with van der Waals surface area (Å²) < 4.78 is 5.59. The van der Waals surface area contributed by atoms with Gasteiger partial charge in [0.1, 0.15) is 12.4 Å². The molecule has 4 N–H and O–H groups in total. The third-order valence-corrected chi connectivity index (χ3v) is 4.27. The van der Waals surface area contributed by atoms with Crippen molar-refractivity contribution in [3.05, 3.63) is 72.4 Å². The molecule has 28 heavy (non-hydrogen) atoms. The first-order valence-corrected chi connectivity index (χ1v) is 9.16. The molecule has 0 fully saturated rings. The number of carbonyl (C=O) groups excluding carboxylic acids is 1. The Morgan fingerprint density at radius 3 is 2.86 bits per heavy atom. The van der Waals surface area contributed by atoms with Crippen molar-refractivity contribution in [1.29, 1.82) is 0 Å². The van der Waals surface area contributed by atoms with E-state index in [1.165, 1.54) is 0 Å². The van der Waals surface area contributed by atoms with Crippen molar-refractivity contribution >= 4 is 22.6 Å². The van der Waals surface area contributed by atoms with Crippen LogP contribution in [0.3, 0.4) is 0 Å². The van der Waals surface area contributed by atoms with Crippen molar-refractivity contribution in [2.45, 2.75) is 19.4 Å². The highest BCUT2D eigenvalue weighted by molar-refractivity contribution is 5.90. The number of aromatic amines is 1. The van der Waals surface area contributed by atoms with E-state index in [2.05, 4.69) is 22.2 Å². The Labute approximate surface area is 164 Å². The zero-order valence-electron chi connectivity index (χ0n) is 15.9. The summed E-state index contributed by atoms with van der Waals surface area (Å²) in [6.45, 7) is 5.95. The molecular weight excluding hydrogens is 354 g/mol. The number of aliphatic hydroxyl groups excluding tert-OH is 1. The first kappa shape index (κ1) is 19.5. The van der Waals surface area contributed by atoms with Crippen molar-refractivity contribution in [1.82, 2.24) is 10.3 Å². The molecule has 146 valence electrons. The summed E-state index contributed by atoms with van der Waals surface area (Å²) in [5.74, 6) is 0.651. The number of ether oxygens (including phenoxy) is 1. The molecule has 1 heterocycles. The number of hydrogen-bond acceptors (Lipinski definition) is 3. The lowest BCUT2D eigenvalue weighted by Crippen LogP contribution is -2.41. The molecule has 0 bridgehead atoms. The third kappa shape index (κ3) is 5.14. The molecule has 0 aliphatic heterocycles. The van der Waals surface area contributed by atoms with Gasteiger partial charge in [-0.1, -0.05) is 30.8 Å². The average Bonchev–Trinajstić information content (AvgIpc) is 3.09. The van der Waals surface area contributed by atoms with Crippen LogP contribution in [0.15, 0.2) is 66.9 Å². The zero-order valence-corrected chi connectivity index (χ0v) is 15.9. The van der Waals surface area contributed by atoms with Gasteiger partial charge in [-0.15, -0.1) is 0 Å². The van der Waals surface area contributed by atoms with E-state index in [1.807, 2.05) is 43.5 Å². The van der Waals surface area contributed by atoms with E-state index < -0.39 is 6.04 Å². The van der Waals surface area contributed by atoms with Crippen LogP contribution < -0.4 is 15.4 Å². The SMILES string of the molecule is C=C(C)COc1cccc(NC(=O)NC(CO)Cc2c[nH]c3ccccc23)c1. The number of amides is 2. The Kier molecular flexibility index (Phi) is 6.34. The average molecular weight is 379 g/mol. The van der Waals surface area contributed by atoms with Gasteiger partial charge in [0.2, 0.25) is 0 Å². The van der Waals surface area contributed by atoms with Crippen LogP contribution >= 0.6 is 0 Å². The van der Waals surface area contributed by atoms with Crippen molar-refractivity contribution in [2.24, 2.45) is 0 Å². The van der Waals surface area contributed by atoms with Gasteiger partial charge >= 0.3 is 6.03 Å². The molecule has 1 unspecified atom stereocenters. The van der Waals surface area contributed by atoms with E-state index in [4.69, 9.17) is 4.74 Å². The molecular formula is C22H25N3O3. The maximum atomic E-state index is 12.4. The number of anilines is 1. The number of urea groups is 1. The normalized spacial score (nSPS) is 11.8. The number of nitrogens with one attached hydrogen (secondary N) is 3. The molecule has 2 aromatic carbocycles. The number of aliphatic hydroxyl groups is 1. The molecule has 0 aliphatic rings. The molecule has 6 nitrogen and oxygen atoms in total. The molecule has 0 spiro atoms. The minimum absolute atomic E-state index is 0.158. The monoisotopic (exact) mass is 379 g/mol. The molecule has 0 saturated heterocycles. The van der Waals surface area contributed by atoms with E-state index in [0.29, 0.717) is 24.5 Å². The van der Waals surface area contributed by atoms with Crippen molar-refractivity contribution < 1.29 is 14.6 Å². The first-order valence-electron chi connectivity index (χ1n) is 9.16. The summed E-state index contributed by atoms with van der Waals surface area (Å²) in [6.07, 6.45) is 2.44. The number of rotatable bonds is 8. The molecule has 1 atom stereocenters. The fourth-order valence-corrected chi connectivity index (χ4v) is 2.95. The second kappa shape index (κ2) is 9.10. The quantitative estimate of drug-likeness (QED) is 0.449. The van der Waals surface area contributed by atoms with Gasteiger partial charge in [0, 0.05) is 28.9 Å². The van der Waals surface area contributed by atoms with Crippen LogP contribution in [0.4, 0.5) is 10.5 Å². The Hall–Kier alpha value is -3.25. The van der Waals surface area contributed by atoms with Crippen LogP contribution in [-0.2, 0) is 6.42 Å². The van der Waals surface area contributed by atoms with Crippen LogP contribution in [0.2, 0.25) is 0 Å². The summed E-state index contributed by atoms with van der Waals surface area (Å²) in [4.78, 5) is 15.6. The maximum absolute atomic E-state index is 12.4. The largest absolute Gasteiger partial charge is 0.489 e. The minimum atomic E-state index is -0.401. The van der Waals surface area contributed by atoms with E-state index in [1.54, 1.807) is 18.2 Å². The van der Waals surface area contributed by atoms with Crippen molar-refractivity contribution in [3.8, 4) is 5.75 Å². The lowest BCUT2D eigenvalue weighted by Gasteiger charge is -2.17. The molecule has 3 aromatic rings. The predicted octanol–water partition coefficient (Wildman–Crippen LogP) is 3.85. The summed E-state index contributed by atoms with van der Waals surface area (Å²) >= 11 is 0. The standard InChI is InChI=1S/C22H25N3O3/c1-15(2)14-28-19-7-5-6-17(11-19)24-22(27)25-18(13-26)10-16-12-23-21-9-4-3-8-20(16)21/h3-9,11-12,18,23,26H,1,10,13-14H2,2H3,(H2,24,25,27). The predicted molar refractivity (Wildman–Crippen MR) is 112 cm³/mol. The number of fused-ring (bicyclic) bond motifs is 1. The van der Waals surface area contributed by atoms with Gasteiger partial charge in [-0.25, -0.2) is 4.79 Å². The molecule has 1 aromatic heterocycles. The Bertz CT molecular complexity index is 964. The summed E-state index contributed by atoms with van der Waals surface area (Å²) in [7, 11) is 0. The van der Waals surface area contributed by atoms with Gasteiger partial charge in [-0.05, 0) is 42.7 Å².